The highest BCUT2D eigenvalue weighted by Gasteiger charge is 2.19. The third-order valence-corrected chi connectivity index (χ3v) is 8.64. The van der Waals surface area contributed by atoms with Gasteiger partial charge in [0.15, 0.2) is 0 Å². The maximum absolute atomic E-state index is 11.4. The summed E-state index contributed by atoms with van der Waals surface area (Å²) in [5, 5.41) is 38.5. The number of ether oxygens (including phenoxy) is 4. The van der Waals surface area contributed by atoms with E-state index >= 15 is 0 Å². The van der Waals surface area contributed by atoms with Gasteiger partial charge in [0.25, 0.3) is 0 Å². The van der Waals surface area contributed by atoms with Crippen molar-refractivity contribution in [2.75, 3.05) is 85.4 Å². The van der Waals surface area contributed by atoms with Crippen LogP contribution in [0, 0.1) is 0 Å². The van der Waals surface area contributed by atoms with Crippen LogP contribution in [0.25, 0.3) is 0 Å². The van der Waals surface area contributed by atoms with Crippen LogP contribution >= 0.6 is 0 Å². The first kappa shape index (κ1) is 44.6. The van der Waals surface area contributed by atoms with Crippen LogP contribution in [0.1, 0.15) is 59.8 Å². The van der Waals surface area contributed by atoms with Crippen LogP contribution in [-0.2, 0) is 39.0 Å². The Bertz CT molecular complexity index is 864. The molecule has 5 atom stereocenters. The number of hydrogen-bond acceptors (Lipinski definition) is 12. The van der Waals surface area contributed by atoms with E-state index < -0.39 is 44.5 Å². The van der Waals surface area contributed by atoms with E-state index in [1.165, 1.54) is 11.4 Å². The number of aliphatic hydroxyl groups is 4. The van der Waals surface area contributed by atoms with E-state index in [0.29, 0.717) is 26.2 Å². The molecule has 0 aliphatic heterocycles. The second-order valence-electron chi connectivity index (χ2n) is 10.6. The molecule has 0 bridgehead atoms. The molecule has 0 rings (SSSR count). The molecule has 5 unspecified atom stereocenters. The van der Waals surface area contributed by atoms with Crippen LogP contribution in [0.15, 0.2) is 0 Å². The number of likely N-dealkylation sites (N-methyl/N-ethyl adjacent to an activating group) is 2. The van der Waals surface area contributed by atoms with Crippen LogP contribution in [0.2, 0.25) is 0 Å². The van der Waals surface area contributed by atoms with E-state index in [1.807, 2.05) is 13.8 Å². The molecular weight excluding hydrogens is 608 g/mol. The van der Waals surface area contributed by atoms with Crippen molar-refractivity contribution in [3.05, 3.63) is 0 Å². The first-order chi connectivity index (χ1) is 20.0. The third kappa shape index (κ3) is 27.5. The minimum atomic E-state index is -3.30. The van der Waals surface area contributed by atoms with Crippen molar-refractivity contribution in [3.63, 3.8) is 0 Å². The van der Waals surface area contributed by atoms with Crippen LogP contribution < -0.4 is 0 Å². The quantitative estimate of drug-likeness (QED) is 0.0906. The molecule has 4 N–H and O–H groups in total. The number of unbranched alkanes of at least 4 members (excludes halogenated alkanes) is 1. The molecule has 0 heterocycles. The van der Waals surface area contributed by atoms with Crippen molar-refractivity contribution in [2.45, 2.75) is 90.3 Å². The van der Waals surface area contributed by atoms with Crippen LogP contribution in [0.3, 0.4) is 0 Å². The summed E-state index contributed by atoms with van der Waals surface area (Å²) < 4.78 is 68.6. The normalized spacial score (nSPS) is 16.0. The Labute approximate surface area is 260 Å². The molecule has 0 aromatic carbocycles. The molecule has 0 radical (unpaired) electrons. The lowest BCUT2D eigenvalue weighted by Gasteiger charge is -2.21. The Morgan fingerprint density at radius 3 is 1.65 bits per heavy atom. The molecule has 43 heavy (non-hydrogen) atoms. The average molecular weight is 669 g/mol. The van der Waals surface area contributed by atoms with E-state index in [9.17, 15) is 37.3 Å². The Morgan fingerprint density at radius 1 is 0.651 bits per heavy atom. The van der Waals surface area contributed by atoms with Gasteiger partial charge < -0.3 is 39.4 Å². The van der Waals surface area contributed by atoms with Crippen molar-refractivity contribution in [3.8, 4) is 0 Å². The lowest BCUT2D eigenvalue weighted by Crippen LogP contribution is -2.38. The summed E-state index contributed by atoms with van der Waals surface area (Å²) in [5.41, 5.74) is 0. The number of rotatable bonds is 26. The zero-order valence-electron chi connectivity index (χ0n) is 27.3. The smallest absolute Gasteiger partial charge is 0.211 e. The Balaban J connectivity index is 0. The average Bonchev–Trinajstić information content (AvgIpc) is 2.90. The van der Waals surface area contributed by atoms with E-state index in [0.717, 1.165) is 42.5 Å². The Morgan fingerprint density at radius 2 is 1.16 bits per heavy atom. The zero-order chi connectivity index (χ0) is 33.5. The topological polar surface area (TPSA) is 193 Å². The second kappa shape index (κ2) is 25.7. The Hall–Kier alpha value is -0.500. The maximum atomic E-state index is 11.4. The van der Waals surface area contributed by atoms with Crippen LogP contribution in [0.5, 0.6) is 0 Å². The van der Waals surface area contributed by atoms with Crippen LogP contribution in [-0.4, -0.2) is 162 Å². The molecule has 14 nitrogen and oxygen atoms in total. The first-order valence-corrected chi connectivity index (χ1v) is 18.6. The lowest BCUT2D eigenvalue weighted by atomic mass is 10.2. The highest BCUT2D eigenvalue weighted by molar-refractivity contribution is 7.88. The molecule has 0 aliphatic rings. The predicted octanol–water partition coefficient (Wildman–Crippen LogP) is 0.0345. The van der Waals surface area contributed by atoms with Gasteiger partial charge in [-0.25, -0.2) is 21.1 Å². The molecule has 0 fully saturated rings. The predicted molar refractivity (Wildman–Crippen MR) is 166 cm³/mol. The first-order valence-electron chi connectivity index (χ1n) is 14.9. The highest BCUT2D eigenvalue weighted by atomic mass is 32.2. The molecule has 0 saturated heterocycles. The van der Waals surface area contributed by atoms with Gasteiger partial charge >= 0.3 is 0 Å². The molecule has 0 aromatic heterocycles. The van der Waals surface area contributed by atoms with E-state index in [1.54, 1.807) is 6.92 Å². The number of sulfonamides is 2. The minimum absolute atomic E-state index is 0.0106. The zero-order valence-corrected chi connectivity index (χ0v) is 28.9. The summed E-state index contributed by atoms with van der Waals surface area (Å²) in [6.45, 7) is 9.44. The van der Waals surface area contributed by atoms with Crippen molar-refractivity contribution in [1.82, 2.24) is 8.61 Å². The van der Waals surface area contributed by atoms with Gasteiger partial charge in [-0.1, -0.05) is 40.0 Å². The van der Waals surface area contributed by atoms with Crippen molar-refractivity contribution < 1.29 is 56.2 Å². The molecular formula is C27H60N2O12S2. The molecule has 0 spiro atoms. The monoisotopic (exact) mass is 668 g/mol. The van der Waals surface area contributed by atoms with Gasteiger partial charge in [0.05, 0.1) is 89.3 Å². The molecule has 0 aliphatic carbocycles. The largest absolute Gasteiger partial charge is 0.391 e. The fourth-order valence-corrected chi connectivity index (χ4v) is 4.82. The second-order valence-corrected chi connectivity index (χ2v) is 14.7. The molecule has 16 heteroatoms. The number of aliphatic hydroxyl groups excluding tert-OH is 4. The van der Waals surface area contributed by atoms with E-state index in [4.69, 9.17) is 18.9 Å². The van der Waals surface area contributed by atoms with Gasteiger partial charge in [-0.2, -0.15) is 4.31 Å². The van der Waals surface area contributed by atoms with E-state index in [-0.39, 0.29) is 52.2 Å². The number of nitrogens with zero attached hydrogens (tertiary/aromatic N) is 2. The fourth-order valence-electron chi connectivity index (χ4n) is 3.46. The lowest BCUT2D eigenvalue weighted by molar-refractivity contribution is -0.0564. The van der Waals surface area contributed by atoms with Gasteiger partial charge in [0.1, 0.15) is 0 Å². The summed E-state index contributed by atoms with van der Waals surface area (Å²) in [6, 6.07) is 0. The summed E-state index contributed by atoms with van der Waals surface area (Å²) in [7, 11) is -5.20. The van der Waals surface area contributed by atoms with Gasteiger partial charge in [0.2, 0.25) is 20.0 Å². The van der Waals surface area contributed by atoms with Crippen molar-refractivity contribution in [2.24, 2.45) is 0 Å². The molecule has 0 saturated carbocycles. The highest BCUT2D eigenvalue weighted by Crippen LogP contribution is 2.03. The summed E-state index contributed by atoms with van der Waals surface area (Å²) in [5.74, 6) is 0. The van der Waals surface area contributed by atoms with Crippen LogP contribution in [0.4, 0.5) is 0 Å². The van der Waals surface area contributed by atoms with Crippen molar-refractivity contribution in [1.29, 1.82) is 0 Å². The fraction of sp³-hybridized carbons (Fsp3) is 1.00. The van der Waals surface area contributed by atoms with Crippen molar-refractivity contribution >= 4 is 20.0 Å². The number of hydrogen-bond donors (Lipinski definition) is 4. The summed E-state index contributed by atoms with van der Waals surface area (Å²) in [6.07, 6.45) is 3.67. The standard InChI is InChI=1S/C14H31NO6S.C13H29NO6S/c1-4-6-7-13(16)11-20-8-9-21-12-14(17)10-15(5-2)22(3,18)19;1-5-6-12(15)10-20-11(2)8-19-9-13(16)7-14(3)21(4,17)18/h13-14,16-17H,4-12H2,1-3H3;11-13,15-16H,5-10H2,1-4H3. The summed E-state index contributed by atoms with van der Waals surface area (Å²) >= 11 is 0. The third-order valence-electron chi connectivity index (χ3n) is 6.01. The SMILES string of the molecule is CCCC(O)COC(C)COCC(O)CN(C)S(C)(=O)=O.CCCCC(O)COCCOCC(O)CN(CC)S(C)(=O)=O. The molecule has 0 aromatic rings. The van der Waals surface area contributed by atoms with E-state index in [2.05, 4.69) is 6.92 Å². The maximum Gasteiger partial charge on any atom is 0.211 e. The minimum Gasteiger partial charge on any atom is -0.391 e. The van der Waals surface area contributed by atoms with Gasteiger partial charge in [-0.15, -0.1) is 0 Å². The molecule has 0 amide bonds. The Kier molecular flexibility index (Phi) is 26.6. The van der Waals surface area contributed by atoms with Gasteiger partial charge in [-0.3, -0.25) is 0 Å². The van der Waals surface area contributed by atoms with Gasteiger partial charge in [0, 0.05) is 26.7 Å². The van der Waals surface area contributed by atoms with Gasteiger partial charge in [-0.05, 0) is 19.8 Å². The molecule has 262 valence electrons. The summed E-state index contributed by atoms with van der Waals surface area (Å²) in [4.78, 5) is 0.